The summed E-state index contributed by atoms with van der Waals surface area (Å²) in [7, 11) is 3.79. The Morgan fingerprint density at radius 3 is 2.68 bits per heavy atom. The molecule has 4 atom stereocenters. The maximum absolute atomic E-state index is 13.2. The normalized spacial score (nSPS) is 20.4. The topological polar surface area (TPSA) is 138 Å². The highest BCUT2D eigenvalue weighted by atomic mass is 16.5. The molecule has 0 saturated carbocycles. The van der Waals surface area contributed by atoms with Crippen molar-refractivity contribution in [2.24, 2.45) is 0 Å². The number of benzene rings is 3. The van der Waals surface area contributed by atoms with Crippen molar-refractivity contribution in [2.75, 3.05) is 30.9 Å². The van der Waals surface area contributed by atoms with E-state index in [2.05, 4.69) is 49.9 Å². The molecule has 1 aliphatic heterocycles. The minimum Gasteiger partial charge on any atom is -0.394 e. The molecule has 41 heavy (non-hydrogen) atoms. The molecule has 5 aromatic rings. The molecule has 0 spiro atoms. The molecule has 0 aliphatic carbocycles. The molecule has 3 aromatic carbocycles. The van der Waals surface area contributed by atoms with E-state index in [1.165, 1.54) is 6.33 Å². The van der Waals surface area contributed by atoms with Crippen LogP contribution in [0.3, 0.4) is 0 Å². The number of aliphatic hydroxyl groups excluding tert-OH is 2. The summed E-state index contributed by atoms with van der Waals surface area (Å²) in [6, 6.07) is 20.7. The van der Waals surface area contributed by atoms with Gasteiger partial charge in [-0.1, -0.05) is 48.5 Å². The standard InChI is InChI=1S/C30H31N7O4/c1-36(2)21-11-6-9-19(13-21)29(40)35-24-26(39)23(15-38)41-30(24)37-17-34-25-27(32-16-33-28(25)37)31-14-20-10-5-8-18-7-3-4-12-22(18)20/h3-13,16-17,23-24,26,30,38-39H,14-15H2,1-2H3,(H,35,40)(H,31,32,33)/t23-,24-,26-,30-/m1/s1. The average molecular weight is 554 g/mol. The van der Waals surface area contributed by atoms with Gasteiger partial charge in [-0.05, 0) is 34.5 Å². The summed E-state index contributed by atoms with van der Waals surface area (Å²) in [5, 5.41) is 29.4. The second-order valence-corrected chi connectivity index (χ2v) is 10.2. The van der Waals surface area contributed by atoms with Crippen molar-refractivity contribution < 1.29 is 19.7 Å². The Bertz CT molecular complexity index is 1700. The third-order valence-electron chi connectivity index (χ3n) is 7.43. The highest BCUT2D eigenvalue weighted by Crippen LogP contribution is 2.33. The molecule has 0 bridgehead atoms. The van der Waals surface area contributed by atoms with Crippen LogP contribution in [0, 0.1) is 0 Å². The first-order chi connectivity index (χ1) is 19.9. The summed E-state index contributed by atoms with van der Waals surface area (Å²) >= 11 is 0. The number of carbonyl (C=O) groups excluding carboxylic acids is 1. The second-order valence-electron chi connectivity index (χ2n) is 10.2. The molecule has 11 nitrogen and oxygen atoms in total. The number of aliphatic hydroxyl groups is 2. The van der Waals surface area contributed by atoms with Gasteiger partial charge in [-0.2, -0.15) is 0 Å². The van der Waals surface area contributed by atoms with Crippen LogP contribution in [-0.2, 0) is 11.3 Å². The van der Waals surface area contributed by atoms with Crippen LogP contribution in [0.2, 0.25) is 0 Å². The number of nitrogens with zero attached hydrogens (tertiary/aromatic N) is 5. The van der Waals surface area contributed by atoms with Crippen LogP contribution in [0.5, 0.6) is 0 Å². The first kappa shape index (κ1) is 26.6. The van der Waals surface area contributed by atoms with E-state index in [9.17, 15) is 15.0 Å². The molecule has 1 amide bonds. The van der Waals surface area contributed by atoms with Gasteiger partial charge < -0.3 is 30.5 Å². The van der Waals surface area contributed by atoms with Gasteiger partial charge in [-0.25, -0.2) is 15.0 Å². The molecule has 210 valence electrons. The van der Waals surface area contributed by atoms with Crippen LogP contribution in [0.15, 0.2) is 79.4 Å². The molecule has 11 heteroatoms. The van der Waals surface area contributed by atoms with Crippen molar-refractivity contribution in [3.8, 4) is 0 Å². The van der Waals surface area contributed by atoms with Crippen LogP contribution in [-0.4, -0.2) is 74.6 Å². The van der Waals surface area contributed by atoms with Gasteiger partial charge in [0.15, 0.2) is 23.2 Å². The predicted molar refractivity (Wildman–Crippen MR) is 156 cm³/mol. The summed E-state index contributed by atoms with van der Waals surface area (Å²) in [6.45, 7) is 0.107. The quantitative estimate of drug-likeness (QED) is 0.229. The largest absolute Gasteiger partial charge is 0.394 e. The Hall–Kier alpha value is -4.58. The lowest BCUT2D eigenvalue weighted by atomic mass is 10.0. The SMILES string of the molecule is CN(C)c1cccc(C(=O)N[C@@H]2[C@H](O)[C@@H](CO)O[C@H]2n2cnc3c(NCc4cccc5ccccc45)ncnc32)c1. The molecule has 0 radical (unpaired) electrons. The summed E-state index contributed by atoms with van der Waals surface area (Å²) in [5.41, 5.74) is 3.40. The number of rotatable bonds is 8. The van der Waals surface area contributed by atoms with E-state index in [1.54, 1.807) is 29.1 Å². The van der Waals surface area contributed by atoms with Crippen LogP contribution in [0.25, 0.3) is 21.9 Å². The van der Waals surface area contributed by atoms with E-state index in [0.717, 1.165) is 22.0 Å². The van der Waals surface area contributed by atoms with Crippen LogP contribution >= 0.6 is 0 Å². The third kappa shape index (κ3) is 5.06. The summed E-state index contributed by atoms with van der Waals surface area (Å²) in [4.78, 5) is 28.5. The Morgan fingerprint density at radius 1 is 1.05 bits per heavy atom. The van der Waals surface area contributed by atoms with Crippen molar-refractivity contribution in [3.63, 3.8) is 0 Å². The first-order valence-electron chi connectivity index (χ1n) is 13.4. The molecule has 6 rings (SSSR count). The van der Waals surface area contributed by atoms with E-state index >= 15 is 0 Å². The van der Waals surface area contributed by atoms with Crippen molar-refractivity contribution in [1.29, 1.82) is 0 Å². The van der Waals surface area contributed by atoms with Crippen LogP contribution < -0.4 is 15.5 Å². The van der Waals surface area contributed by atoms with E-state index in [4.69, 9.17) is 4.74 Å². The number of anilines is 2. The molecule has 1 aliphatic rings. The highest BCUT2D eigenvalue weighted by molar-refractivity contribution is 5.95. The molecule has 4 N–H and O–H groups in total. The molecule has 3 heterocycles. The fourth-order valence-corrected chi connectivity index (χ4v) is 5.24. The Balaban J connectivity index is 1.28. The minimum absolute atomic E-state index is 0.374. The van der Waals surface area contributed by atoms with Crippen molar-refractivity contribution in [2.45, 2.75) is 31.0 Å². The van der Waals surface area contributed by atoms with Gasteiger partial charge >= 0.3 is 0 Å². The van der Waals surface area contributed by atoms with Gasteiger partial charge in [0.1, 0.15) is 24.6 Å². The maximum Gasteiger partial charge on any atom is 0.251 e. The fourth-order valence-electron chi connectivity index (χ4n) is 5.24. The number of hydrogen-bond acceptors (Lipinski definition) is 9. The van der Waals surface area contributed by atoms with E-state index in [-0.39, 0.29) is 5.91 Å². The third-order valence-corrected chi connectivity index (χ3v) is 7.43. The van der Waals surface area contributed by atoms with Crippen molar-refractivity contribution in [3.05, 3.63) is 90.5 Å². The van der Waals surface area contributed by atoms with Gasteiger partial charge in [-0.15, -0.1) is 0 Å². The zero-order valence-electron chi connectivity index (χ0n) is 22.7. The molecule has 1 saturated heterocycles. The Morgan fingerprint density at radius 2 is 1.85 bits per heavy atom. The summed E-state index contributed by atoms with van der Waals surface area (Å²) < 4.78 is 7.68. The molecular formula is C30H31N7O4. The van der Waals surface area contributed by atoms with E-state index < -0.39 is 31.1 Å². The molecular weight excluding hydrogens is 522 g/mol. The summed E-state index contributed by atoms with van der Waals surface area (Å²) in [5.74, 6) is 0.168. The zero-order chi connectivity index (χ0) is 28.5. The first-order valence-corrected chi connectivity index (χ1v) is 13.4. The minimum atomic E-state index is -1.16. The molecule has 1 fully saturated rings. The van der Waals surface area contributed by atoms with Crippen molar-refractivity contribution >= 4 is 39.3 Å². The zero-order valence-corrected chi connectivity index (χ0v) is 22.7. The van der Waals surface area contributed by atoms with E-state index in [0.29, 0.717) is 29.1 Å². The Labute approximate surface area is 236 Å². The number of imidazole rings is 1. The smallest absolute Gasteiger partial charge is 0.251 e. The maximum atomic E-state index is 13.2. The van der Waals surface area contributed by atoms with Gasteiger partial charge in [-0.3, -0.25) is 9.36 Å². The average Bonchev–Trinajstić information content (AvgIpc) is 3.56. The molecule has 0 unspecified atom stereocenters. The van der Waals surface area contributed by atoms with Gasteiger partial charge in [0.25, 0.3) is 5.91 Å². The molecule has 2 aromatic heterocycles. The second kappa shape index (κ2) is 11.1. The van der Waals surface area contributed by atoms with Gasteiger partial charge in [0.05, 0.1) is 12.9 Å². The van der Waals surface area contributed by atoms with Gasteiger partial charge in [0.2, 0.25) is 0 Å². The number of aromatic nitrogens is 4. The number of fused-ring (bicyclic) bond motifs is 2. The van der Waals surface area contributed by atoms with Crippen LogP contribution in [0.4, 0.5) is 11.5 Å². The number of carbonyl (C=O) groups is 1. The van der Waals surface area contributed by atoms with E-state index in [1.807, 2.05) is 43.3 Å². The summed E-state index contributed by atoms with van der Waals surface area (Å²) in [6.07, 6.45) is 0.0527. The van der Waals surface area contributed by atoms with Crippen LogP contribution in [0.1, 0.15) is 22.1 Å². The monoisotopic (exact) mass is 553 g/mol. The lowest BCUT2D eigenvalue weighted by Gasteiger charge is -2.23. The van der Waals surface area contributed by atoms with Gasteiger partial charge in [0, 0.05) is 31.9 Å². The number of ether oxygens (including phenoxy) is 1. The number of nitrogens with one attached hydrogen (secondary N) is 2. The fraction of sp³-hybridized carbons (Fsp3) is 0.267. The Kier molecular flexibility index (Phi) is 7.23. The lowest BCUT2D eigenvalue weighted by Crippen LogP contribution is -2.46. The highest BCUT2D eigenvalue weighted by Gasteiger charge is 2.46. The predicted octanol–water partition coefficient (Wildman–Crippen LogP) is 2.71. The number of amides is 1. The number of hydrogen-bond donors (Lipinski definition) is 4. The lowest BCUT2D eigenvalue weighted by molar-refractivity contribution is -0.0440. The van der Waals surface area contributed by atoms with Crippen molar-refractivity contribution in [1.82, 2.24) is 24.8 Å².